The molecule has 1 aromatic carbocycles. The van der Waals surface area contributed by atoms with Crippen LogP contribution in [-0.4, -0.2) is 51.1 Å². The summed E-state index contributed by atoms with van der Waals surface area (Å²) < 4.78 is 16.1. The summed E-state index contributed by atoms with van der Waals surface area (Å²) in [5.74, 6) is -2.53. The van der Waals surface area contributed by atoms with Gasteiger partial charge in [-0.25, -0.2) is 4.79 Å². The summed E-state index contributed by atoms with van der Waals surface area (Å²) in [4.78, 5) is 30.2. The van der Waals surface area contributed by atoms with Gasteiger partial charge in [0.05, 0.1) is 31.6 Å². The maximum atomic E-state index is 13.0. The first-order valence-corrected chi connectivity index (χ1v) is 10.4. The predicted molar refractivity (Wildman–Crippen MR) is 116 cm³/mol. The second kappa shape index (κ2) is 11.8. The zero-order valence-electron chi connectivity index (χ0n) is 17.7. The minimum absolute atomic E-state index is 0.116. The molecule has 164 valence electrons. The summed E-state index contributed by atoms with van der Waals surface area (Å²) in [6, 6.07) is 7.11. The van der Waals surface area contributed by atoms with Crippen molar-refractivity contribution in [3.8, 4) is 0 Å². The maximum absolute atomic E-state index is 13.0. The van der Waals surface area contributed by atoms with Crippen LogP contribution < -0.4 is 5.73 Å². The molecule has 0 saturated heterocycles. The van der Waals surface area contributed by atoms with Crippen LogP contribution in [0.1, 0.15) is 38.2 Å². The third-order valence-corrected chi connectivity index (χ3v) is 5.23. The van der Waals surface area contributed by atoms with Gasteiger partial charge in [0.25, 0.3) is 0 Å². The van der Waals surface area contributed by atoms with Crippen LogP contribution in [-0.2, 0) is 23.8 Å². The molecule has 0 bridgehead atoms. The lowest BCUT2D eigenvalue weighted by molar-refractivity contribution is -0.144. The fraction of sp³-hybridized carbons (Fsp3) is 0.500. The number of methoxy groups -OCH3 is 1. The largest absolute Gasteiger partial charge is 0.468 e. The molecule has 1 aliphatic heterocycles. The normalized spacial score (nSPS) is 18.8. The molecule has 1 aliphatic rings. The first-order chi connectivity index (χ1) is 14.5. The van der Waals surface area contributed by atoms with E-state index >= 15 is 0 Å². The molecule has 2 rings (SSSR count). The van der Waals surface area contributed by atoms with Crippen LogP contribution in [0.3, 0.4) is 0 Å². The van der Waals surface area contributed by atoms with E-state index in [1.165, 1.54) is 7.11 Å². The van der Waals surface area contributed by atoms with Gasteiger partial charge < -0.3 is 19.9 Å². The number of benzene rings is 1. The van der Waals surface area contributed by atoms with Crippen molar-refractivity contribution in [3.05, 3.63) is 46.1 Å². The Labute approximate surface area is 182 Å². The molecular weight excluding hydrogens is 408 g/mol. The molecule has 0 spiro atoms. The Morgan fingerprint density at radius 2 is 1.97 bits per heavy atom. The number of unbranched alkanes of at least 4 members (excludes halogenated alkanes) is 1. The highest BCUT2D eigenvalue weighted by molar-refractivity contribution is 6.31. The molecular formula is C22H29ClN2O5. The molecule has 1 heterocycles. The molecule has 7 nitrogen and oxygen atoms in total. The third-order valence-electron chi connectivity index (χ3n) is 4.89. The smallest absolute Gasteiger partial charge is 0.336 e. The van der Waals surface area contributed by atoms with E-state index in [-0.39, 0.29) is 18.8 Å². The summed E-state index contributed by atoms with van der Waals surface area (Å²) in [6.45, 7) is 4.84. The van der Waals surface area contributed by atoms with Gasteiger partial charge in [0.15, 0.2) is 0 Å². The van der Waals surface area contributed by atoms with Crippen molar-refractivity contribution >= 4 is 29.3 Å². The average Bonchev–Trinajstić information content (AvgIpc) is 2.73. The highest BCUT2D eigenvalue weighted by atomic mass is 35.5. The second-order valence-electron chi connectivity index (χ2n) is 6.88. The maximum Gasteiger partial charge on any atom is 0.336 e. The van der Waals surface area contributed by atoms with E-state index in [0.29, 0.717) is 35.1 Å². The fourth-order valence-electron chi connectivity index (χ4n) is 3.51. The highest BCUT2D eigenvalue weighted by Gasteiger charge is 2.43. The molecule has 2 N–H and O–H groups in total. The van der Waals surface area contributed by atoms with Crippen molar-refractivity contribution in [1.82, 2.24) is 0 Å². The lowest BCUT2D eigenvalue weighted by Gasteiger charge is -2.32. The number of hydrogen-bond donors (Lipinski definition) is 1. The molecule has 0 aliphatic carbocycles. The lowest BCUT2D eigenvalue weighted by atomic mass is 9.75. The first-order valence-electron chi connectivity index (χ1n) is 10.0. The van der Waals surface area contributed by atoms with Gasteiger partial charge in [-0.1, -0.05) is 29.8 Å². The average molecular weight is 437 g/mol. The van der Waals surface area contributed by atoms with Crippen LogP contribution in [0.4, 0.5) is 0 Å². The Bertz CT molecular complexity index is 822. The van der Waals surface area contributed by atoms with Crippen molar-refractivity contribution in [3.63, 3.8) is 0 Å². The number of carbonyl (C=O) groups is 2. The molecule has 0 aromatic heterocycles. The summed E-state index contributed by atoms with van der Waals surface area (Å²) in [5.41, 5.74) is 7.38. The minimum atomic E-state index is -0.796. The van der Waals surface area contributed by atoms with Gasteiger partial charge in [-0.05, 0) is 44.9 Å². The van der Waals surface area contributed by atoms with E-state index in [4.69, 9.17) is 31.5 Å². The van der Waals surface area contributed by atoms with Gasteiger partial charge >= 0.3 is 11.9 Å². The Balaban J connectivity index is 2.55. The van der Waals surface area contributed by atoms with E-state index in [1.807, 2.05) is 6.07 Å². The standard InChI is InChI=1S/C22H29ClN2O5/c1-4-30-22(27)20-17(13-29-12-8-7-11-24)25-14(2)18(21(26)28-3)19(20)15-9-5-6-10-16(15)23/h5-6,9-10,18-19H,4,7-8,11-13,24H2,1-3H3. The quantitative estimate of drug-likeness (QED) is 0.446. The van der Waals surface area contributed by atoms with E-state index in [0.717, 1.165) is 12.8 Å². The number of nitrogens with two attached hydrogens (primary N) is 1. The number of halogens is 1. The molecule has 0 radical (unpaired) electrons. The molecule has 0 fully saturated rings. The second-order valence-corrected chi connectivity index (χ2v) is 7.29. The molecule has 2 unspecified atom stereocenters. The van der Waals surface area contributed by atoms with Crippen molar-refractivity contribution in [1.29, 1.82) is 0 Å². The number of hydrogen-bond acceptors (Lipinski definition) is 7. The number of carbonyl (C=O) groups excluding carboxylic acids is 2. The van der Waals surface area contributed by atoms with Crippen molar-refractivity contribution < 1.29 is 23.8 Å². The van der Waals surface area contributed by atoms with Gasteiger partial charge in [-0.2, -0.15) is 0 Å². The van der Waals surface area contributed by atoms with Gasteiger partial charge in [-0.15, -0.1) is 0 Å². The lowest BCUT2D eigenvalue weighted by Crippen LogP contribution is -2.37. The molecule has 30 heavy (non-hydrogen) atoms. The topological polar surface area (TPSA) is 100 Å². The molecule has 8 heteroatoms. The summed E-state index contributed by atoms with van der Waals surface area (Å²) in [6.07, 6.45) is 1.65. The number of ether oxygens (including phenoxy) is 3. The first kappa shape index (κ1) is 24.1. The van der Waals surface area contributed by atoms with Crippen LogP contribution in [0.2, 0.25) is 5.02 Å². The van der Waals surface area contributed by atoms with Crippen LogP contribution in [0.15, 0.2) is 40.5 Å². The van der Waals surface area contributed by atoms with E-state index in [1.54, 1.807) is 32.0 Å². The monoisotopic (exact) mass is 436 g/mol. The van der Waals surface area contributed by atoms with E-state index < -0.39 is 23.8 Å². The van der Waals surface area contributed by atoms with Crippen LogP contribution in [0.5, 0.6) is 0 Å². The zero-order valence-corrected chi connectivity index (χ0v) is 18.4. The van der Waals surface area contributed by atoms with Gasteiger partial charge in [0.2, 0.25) is 0 Å². The van der Waals surface area contributed by atoms with E-state index in [9.17, 15) is 9.59 Å². The zero-order chi connectivity index (χ0) is 22.1. The van der Waals surface area contributed by atoms with Crippen molar-refractivity contribution in [2.45, 2.75) is 32.6 Å². The predicted octanol–water partition coefficient (Wildman–Crippen LogP) is 3.26. The molecule has 2 atom stereocenters. The molecule has 0 saturated carbocycles. The summed E-state index contributed by atoms with van der Waals surface area (Å²) in [7, 11) is 1.31. The summed E-state index contributed by atoms with van der Waals surface area (Å²) in [5, 5.41) is 0.441. The third kappa shape index (κ3) is 5.68. The number of aliphatic imine (C=N–C) groups is 1. The Hall–Kier alpha value is -2.22. The molecule has 0 amide bonds. The van der Waals surface area contributed by atoms with Crippen LogP contribution in [0.25, 0.3) is 0 Å². The van der Waals surface area contributed by atoms with Crippen molar-refractivity contribution in [2.75, 3.05) is 33.5 Å². The number of esters is 2. The summed E-state index contributed by atoms with van der Waals surface area (Å²) >= 11 is 6.47. The van der Waals surface area contributed by atoms with Gasteiger partial charge in [0, 0.05) is 23.3 Å². The van der Waals surface area contributed by atoms with Gasteiger partial charge in [-0.3, -0.25) is 9.79 Å². The van der Waals surface area contributed by atoms with Gasteiger partial charge in [0.1, 0.15) is 5.92 Å². The molecule has 1 aromatic rings. The van der Waals surface area contributed by atoms with Crippen molar-refractivity contribution in [2.24, 2.45) is 16.6 Å². The fourth-order valence-corrected chi connectivity index (χ4v) is 3.76. The van der Waals surface area contributed by atoms with Crippen LogP contribution >= 0.6 is 11.6 Å². The number of nitrogens with zero attached hydrogens (tertiary/aromatic N) is 1. The Morgan fingerprint density at radius 1 is 1.23 bits per heavy atom. The van der Waals surface area contributed by atoms with E-state index in [2.05, 4.69) is 4.99 Å². The SMILES string of the molecule is CCOC(=O)C1=C(COCCCCN)N=C(C)C(C(=O)OC)C1c1ccccc1Cl. The minimum Gasteiger partial charge on any atom is -0.468 e. The number of rotatable bonds is 10. The Kier molecular flexibility index (Phi) is 9.49. The van der Waals surface area contributed by atoms with Crippen LogP contribution in [0, 0.1) is 5.92 Å². The Morgan fingerprint density at radius 3 is 2.60 bits per heavy atom. The highest BCUT2D eigenvalue weighted by Crippen LogP contribution is 2.42.